The van der Waals surface area contributed by atoms with Gasteiger partial charge in [0.05, 0.1) is 5.69 Å². The van der Waals surface area contributed by atoms with Crippen LogP contribution in [-0.2, 0) is 0 Å². The number of rotatable bonds is 1. The number of aromatic hydroxyl groups is 1. The van der Waals surface area contributed by atoms with Crippen molar-refractivity contribution < 1.29 is 9.50 Å². The lowest BCUT2D eigenvalue weighted by atomic mass is 10.0. The smallest absolute Gasteiger partial charge is 0.146 e. The fourth-order valence-electron chi connectivity index (χ4n) is 1.41. The van der Waals surface area contributed by atoms with Crippen LogP contribution in [0, 0.1) is 5.82 Å². The largest absolute Gasteiger partial charge is 0.508 e. The van der Waals surface area contributed by atoms with Gasteiger partial charge in [-0.25, -0.2) is 4.39 Å². The monoisotopic (exact) mass is 203 g/mol. The highest BCUT2D eigenvalue weighted by Crippen LogP contribution is 2.25. The number of nitrogens with two attached hydrogens (primary N) is 1. The lowest BCUT2D eigenvalue weighted by Gasteiger charge is -2.04. The Balaban J connectivity index is 2.50. The minimum Gasteiger partial charge on any atom is -0.508 e. The van der Waals surface area contributed by atoms with Crippen LogP contribution >= 0.6 is 0 Å². The average molecular weight is 203 g/mol. The quantitative estimate of drug-likeness (QED) is 0.700. The van der Waals surface area contributed by atoms with Gasteiger partial charge in [-0.3, -0.25) is 0 Å². The van der Waals surface area contributed by atoms with Gasteiger partial charge >= 0.3 is 0 Å². The van der Waals surface area contributed by atoms with Crippen molar-refractivity contribution in [2.75, 3.05) is 5.73 Å². The summed E-state index contributed by atoms with van der Waals surface area (Å²) < 4.78 is 12.9. The van der Waals surface area contributed by atoms with E-state index in [0.717, 1.165) is 11.1 Å². The Morgan fingerprint density at radius 3 is 2.40 bits per heavy atom. The standard InChI is InChI=1S/C12H10FNO/c13-11-5-4-9(7-12(11)14)8-2-1-3-10(15)6-8/h1-7,15H,14H2. The Kier molecular flexibility index (Phi) is 2.29. The fraction of sp³-hybridized carbons (Fsp3) is 0. The third kappa shape index (κ3) is 1.91. The summed E-state index contributed by atoms with van der Waals surface area (Å²) in [6.45, 7) is 0. The summed E-state index contributed by atoms with van der Waals surface area (Å²) in [6.07, 6.45) is 0. The SMILES string of the molecule is Nc1cc(-c2cccc(O)c2)ccc1F. The van der Waals surface area contributed by atoms with Crippen LogP contribution in [0.4, 0.5) is 10.1 Å². The zero-order chi connectivity index (χ0) is 10.8. The minimum absolute atomic E-state index is 0.107. The molecule has 0 aromatic heterocycles. The van der Waals surface area contributed by atoms with E-state index < -0.39 is 5.82 Å². The molecular formula is C12H10FNO. The van der Waals surface area contributed by atoms with E-state index in [-0.39, 0.29) is 11.4 Å². The lowest BCUT2D eigenvalue weighted by molar-refractivity contribution is 0.475. The first-order chi connectivity index (χ1) is 7.16. The van der Waals surface area contributed by atoms with E-state index >= 15 is 0 Å². The molecule has 0 saturated heterocycles. The molecule has 0 unspecified atom stereocenters. The van der Waals surface area contributed by atoms with Crippen LogP contribution in [-0.4, -0.2) is 5.11 Å². The van der Waals surface area contributed by atoms with Crippen molar-refractivity contribution in [3.8, 4) is 16.9 Å². The number of halogens is 1. The first-order valence-electron chi connectivity index (χ1n) is 4.51. The molecule has 76 valence electrons. The van der Waals surface area contributed by atoms with E-state index in [9.17, 15) is 9.50 Å². The second-order valence-electron chi connectivity index (χ2n) is 3.29. The Labute approximate surface area is 86.8 Å². The van der Waals surface area contributed by atoms with Gasteiger partial charge in [-0.2, -0.15) is 0 Å². The number of phenolic OH excluding ortho intramolecular Hbond substituents is 1. The van der Waals surface area contributed by atoms with Crippen molar-refractivity contribution in [1.29, 1.82) is 0 Å². The van der Waals surface area contributed by atoms with Crippen molar-refractivity contribution in [3.63, 3.8) is 0 Å². The second-order valence-corrected chi connectivity index (χ2v) is 3.29. The van der Waals surface area contributed by atoms with E-state index in [2.05, 4.69) is 0 Å². The third-order valence-corrected chi connectivity index (χ3v) is 2.18. The molecule has 3 heteroatoms. The first kappa shape index (κ1) is 9.52. The molecule has 0 aliphatic carbocycles. The highest BCUT2D eigenvalue weighted by Gasteiger charge is 2.02. The molecule has 0 aliphatic rings. The van der Waals surface area contributed by atoms with Crippen molar-refractivity contribution in [1.82, 2.24) is 0 Å². The first-order valence-corrected chi connectivity index (χ1v) is 4.51. The van der Waals surface area contributed by atoms with Crippen molar-refractivity contribution in [3.05, 3.63) is 48.3 Å². The van der Waals surface area contributed by atoms with E-state index in [1.54, 1.807) is 30.3 Å². The van der Waals surface area contributed by atoms with Gasteiger partial charge in [-0.15, -0.1) is 0 Å². The van der Waals surface area contributed by atoms with Crippen molar-refractivity contribution in [2.24, 2.45) is 0 Å². The van der Waals surface area contributed by atoms with E-state index in [4.69, 9.17) is 5.73 Å². The summed E-state index contributed by atoms with van der Waals surface area (Å²) in [6, 6.07) is 11.2. The number of phenols is 1. The number of anilines is 1. The Morgan fingerprint density at radius 2 is 1.73 bits per heavy atom. The lowest BCUT2D eigenvalue weighted by Crippen LogP contribution is -1.90. The van der Waals surface area contributed by atoms with Crippen molar-refractivity contribution in [2.45, 2.75) is 0 Å². The molecule has 0 aliphatic heterocycles. The Bertz CT molecular complexity index is 497. The topological polar surface area (TPSA) is 46.2 Å². The van der Waals surface area contributed by atoms with Crippen LogP contribution < -0.4 is 5.73 Å². The molecule has 0 radical (unpaired) electrons. The zero-order valence-electron chi connectivity index (χ0n) is 7.94. The van der Waals surface area contributed by atoms with Gasteiger partial charge in [0.1, 0.15) is 11.6 Å². The van der Waals surface area contributed by atoms with Crippen LogP contribution in [0.25, 0.3) is 11.1 Å². The molecule has 0 fully saturated rings. The molecular weight excluding hydrogens is 193 g/mol. The predicted molar refractivity (Wildman–Crippen MR) is 57.9 cm³/mol. The molecule has 0 amide bonds. The normalized spacial score (nSPS) is 10.2. The molecule has 0 saturated carbocycles. The summed E-state index contributed by atoms with van der Waals surface area (Å²) >= 11 is 0. The van der Waals surface area contributed by atoms with Crippen LogP contribution in [0.2, 0.25) is 0 Å². The van der Waals surface area contributed by atoms with Gasteiger partial charge in [0.2, 0.25) is 0 Å². The summed E-state index contributed by atoms with van der Waals surface area (Å²) in [7, 11) is 0. The van der Waals surface area contributed by atoms with Crippen LogP contribution in [0.1, 0.15) is 0 Å². The number of benzene rings is 2. The molecule has 0 spiro atoms. The van der Waals surface area contributed by atoms with Gasteiger partial charge in [0.25, 0.3) is 0 Å². The van der Waals surface area contributed by atoms with Gasteiger partial charge in [0.15, 0.2) is 0 Å². The maximum atomic E-state index is 12.9. The molecule has 3 N–H and O–H groups in total. The number of nitrogen functional groups attached to an aromatic ring is 1. The van der Waals surface area contributed by atoms with Crippen LogP contribution in [0.5, 0.6) is 5.75 Å². The molecule has 0 bridgehead atoms. The average Bonchev–Trinajstić information content (AvgIpc) is 2.22. The van der Waals surface area contributed by atoms with Gasteiger partial charge in [0, 0.05) is 0 Å². The number of hydrogen-bond donors (Lipinski definition) is 2. The fourth-order valence-corrected chi connectivity index (χ4v) is 1.41. The highest BCUT2D eigenvalue weighted by atomic mass is 19.1. The van der Waals surface area contributed by atoms with Crippen molar-refractivity contribution >= 4 is 5.69 Å². The predicted octanol–water partition coefficient (Wildman–Crippen LogP) is 2.78. The van der Waals surface area contributed by atoms with E-state index in [1.165, 1.54) is 6.07 Å². The van der Waals surface area contributed by atoms with Gasteiger partial charge < -0.3 is 10.8 Å². The minimum atomic E-state index is -0.432. The van der Waals surface area contributed by atoms with E-state index in [0.29, 0.717) is 0 Å². The molecule has 0 atom stereocenters. The maximum Gasteiger partial charge on any atom is 0.146 e. The molecule has 2 rings (SSSR count). The summed E-state index contributed by atoms with van der Waals surface area (Å²) in [4.78, 5) is 0. The van der Waals surface area contributed by atoms with Gasteiger partial charge in [-0.1, -0.05) is 18.2 Å². The molecule has 2 nitrogen and oxygen atoms in total. The maximum absolute atomic E-state index is 12.9. The Hall–Kier alpha value is -2.03. The second kappa shape index (κ2) is 3.61. The molecule has 2 aromatic rings. The van der Waals surface area contributed by atoms with E-state index in [1.807, 2.05) is 6.07 Å². The third-order valence-electron chi connectivity index (χ3n) is 2.18. The highest BCUT2D eigenvalue weighted by molar-refractivity contribution is 5.68. The molecule has 2 aromatic carbocycles. The summed E-state index contributed by atoms with van der Waals surface area (Å²) in [5.74, 6) is -0.255. The molecule has 0 heterocycles. The van der Waals surface area contributed by atoms with Crippen LogP contribution in [0.15, 0.2) is 42.5 Å². The molecule has 15 heavy (non-hydrogen) atoms. The zero-order valence-corrected chi connectivity index (χ0v) is 7.94. The summed E-state index contributed by atoms with van der Waals surface area (Å²) in [5.41, 5.74) is 7.16. The Morgan fingerprint density at radius 1 is 1.00 bits per heavy atom. The number of hydrogen-bond acceptors (Lipinski definition) is 2. The summed E-state index contributed by atoms with van der Waals surface area (Å²) in [5, 5.41) is 9.29. The van der Waals surface area contributed by atoms with Gasteiger partial charge in [-0.05, 0) is 35.4 Å². The van der Waals surface area contributed by atoms with Crippen LogP contribution in [0.3, 0.4) is 0 Å².